The zero-order valence-electron chi connectivity index (χ0n) is 14.9. The Morgan fingerprint density at radius 2 is 1.80 bits per heavy atom. The summed E-state index contributed by atoms with van der Waals surface area (Å²) in [5.41, 5.74) is 3.59. The third-order valence-corrected chi connectivity index (χ3v) is 3.88. The van der Waals surface area contributed by atoms with Gasteiger partial charge in [-0.1, -0.05) is 12.1 Å². The lowest BCUT2D eigenvalue weighted by molar-refractivity contribution is -0.118. The van der Waals surface area contributed by atoms with Crippen LogP contribution in [0.2, 0.25) is 0 Å². The number of ether oxygens (including phenoxy) is 2. The Balaban J connectivity index is 2.17. The van der Waals surface area contributed by atoms with E-state index in [-0.39, 0.29) is 12.3 Å². The Bertz CT molecular complexity index is 789. The first kappa shape index (κ1) is 18.3. The third-order valence-electron chi connectivity index (χ3n) is 3.88. The summed E-state index contributed by atoms with van der Waals surface area (Å²) in [5, 5.41) is 12.3. The Hall–Kier alpha value is -3.00. The Morgan fingerprint density at radius 1 is 1.12 bits per heavy atom. The summed E-state index contributed by atoms with van der Waals surface area (Å²) in [4.78, 5) is 12.5. The number of hydrogen-bond donors (Lipinski definition) is 1. The minimum absolute atomic E-state index is 0.264. The highest BCUT2D eigenvalue weighted by molar-refractivity contribution is 5.94. The van der Waals surface area contributed by atoms with Gasteiger partial charge < -0.3 is 14.8 Å². The second-order valence-electron chi connectivity index (χ2n) is 5.93. The number of amides is 1. The molecule has 0 aliphatic rings. The minimum Gasteiger partial charge on any atom is -0.497 e. The van der Waals surface area contributed by atoms with Gasteiger partial charge in [-0.05, 0) is 48.7 Å². The Labute approximate surface area is 148 Å². The van der Waals surface area contributed by atoms with E-state index in [0.29, 0.717) is 17.2 Å². The molecule has 0 unspecified atom stereocenters. The van der Waals surface area contributed by atoms with Crippen LogP contribution >= 0.6 is 0 Å². The lowest BCUT2D eigenvalue weighted by Crippen LogP contribution is -2.23. The molecular formula is C20H22N2O3. The summed E-state index contributed by atoms with van der Waals surface area (Å²) >= 11 is 0. The number of hydrogen-bond acceptors (Lipinski definition) is 4. The van der Waals surface area contributed by atoms with Gasteiger partial charge in [0.15, 0.2) is 0 Å². The summed E-state index contributed by atoms with van der Waals surface area (Å²) < 4.78 is 10.5. The predicted molar refractivity (Wildman–Crippen MR) is 96.9 cm³/mol. The number of methoxy groups -OCH3 is 2. The molecular weight excluding hydrogens is 316 g/mol. The summed E-state index contributed by atoms with van der Waals surface area (Å²) in [5.74, 6) is 0.112. The number of nitrogens with zero attached hydrogens (tertiary/aromatic N) is 1. The second kappa shape index (κ2) is 8.20. The van der Waals surface area contributed by atoms with E-state index in [2.05, 4.69) is 11.4 Å². The van der Waals surface area contributed by atoms with Crippen molar-refractivity contribution in [1.29, 1.82) is 5.26 Å². The zero-order valence-corrected chi connectivity index (χ0v) is 14.9. The summed E-state index contributed by atoms with van der Waals surface area (Å²) in [6.45, 7) is 3.93. The van der Waals surface area contributed by atoms with Gasteiger partial charge in [-0.2, -0.15) is 5.26 Å². The van der Waals surface area contributed by atoms with Crippen LogP contribution in [-0.4, -0.2) is 20.1 Å². The number of benzene rings is 2. The molecule has 0 aromatic heterocycles. The summed E-state index contributed by atoms with van der Waals surface area (Å²) in [6, 6.07) is 13.2. The number of carbonyl (C=O) groups excluding carboxylic acids is 1. The van der Waals surface area contributed by atoms with Crippen LogP contribution in [0.3, 0.4) is 0 Å². The maximum absolute atomic E-state index is 12.5. The molecule has 130 valence electrons. The van der Waals surface area contributed by atoms with Crippen molar-refractivity contribution in [1.82, 2.24) is 0 Å². The van der Waals surface area contributed by atoms with Crippen LogP contribution in [0, 0.1) is 31.1 Å². The third kappa shape index (κ3) is 4.74. The van der Waals surface area contributed by atoms with Crippen LogP contribution in [-0.2, 0) is 11.2 Å². The normalized spacial score (nSPS) is 11.3. The molecule has 1 amide bonds. The van der Waals surface area contributed by atoms with Gasteiger partial charge in [-0.25, -0.2) is 0 Å². The van der Waals surface area contributed by atoms with Crippen molar-refractivity contribution in [3.63, 3.8) is 0 Å². The minimum atomic E-state index is -0.817. The molecule has 2 aromatic rings. The van der Waals surface area contributed by atoms with Crippen molar-refractivity contribution < 1.29 is 14.3 Å². The Kier molecular flexibility index (Phi) is 6.02. The first-order valence-electron chi connectivity index (χ1n) is 7.96. The lowest BCUT2D eigenvalue weighted by atomic mass is 9.98. The molecule has 0 aliphatic heterocycles. The maximum Gasteiger partial charge on any atom is 0.242 e. The second-order valence-corrected chi connectivity index (χ2v) is 5.93. The van der Waals surface area contributed by atoms with Crippen molar-refractivity contribution >= 4 is 11.6 Å². The van der Waals surface area contributed by atoms with Crippen LogP contribution < -0.4 is 14.8 Å². The van der Waals surface area contributed by atoms with E-state index in [0.717, 1.165) is 16.7 Å². The molecule has 25 heavy (non-hydrogen) atoms. The number of carbonyl (C=O) groups is 1. The van der Waals surface area contributed by atoms with Gasteiger partial charge >= 0.3 is 0 Å². The molecule has 0 aliphatic carbocycles. The fourth-order valence-electron chi connectivity index (χ4n) is 2.71. The van der Waals surface area contributed by atoms with Crippen molar-refractivity contribution in [2.75, 3.05) is 19.5 Å². The van der Waals surface area contributed by atoms with Gasteiger partial charge in [-0.3, -0.25) is 4.79 Å². The van der Waals surface area contributed by atoms with Crippen LogP contribution in [0.1, 0.15) is 16.7 Å². The van der Waals surface area contributed by atoms with E-state index in [1.54, 1.807) is 26.4 Å². The van der Waals surface area contributed by atoms with Gasteiger partial charge in [0.1, 0.15) is 17.4 Å². The number of rotatable bonds is 6. The summed E-state index contributed by atoms with van der Waals surface area (Å²) in [7, 11) is 3.12. The molecule has 1 N–H and O–H groups in total. The molecule has 0 heterocycles. The Morgan fingerprint density at radius 3 is 2.36 bits per heavy atom. The van der Waals surface area contributed by atoms with E-state index in [4.69, 9.17) is 9.47 Å². The number of anilines is 1. The van der Waals surface area contributed by atoms with Gasteiger partial charge in [0.25, 0.3) is 0 Å². The first-order valence-corrected chi connectivity index (χ1v) is 7.96. The van der Waals surface area contributed by atoms with Crippen molar-refractivity contribution in [2.45, 2.75) is 20.3 Å². The van der Waals surface area contributed by atoms with Crippen LogP contribution in [0.5, 0.6) is 11.5 Å². The monoisotopic (exact) mass is 338 g/mol. The molecule has 5 heteroatoms. The maximum atomic E-state index is 12.5. The highest BCUT2D eigenvalue weighted by Crippen LogP contribution is 2.27. The highest BCUT2D eigenvalue weighted by Gasteiger charge is 2.21. The zero-order chi connectivity index (χ0) is 18.4. The average Bonchev–Trinajstić information content (AvgIpc) is 2.58. The lowest BCUT2D eigenvalue weighted by Gasteiger charge is -2.14. The van der Waals surface area contributed by atoms with E-state index in [1.807, 2.05) is 38.1 Å². The molecule has 0 radical (unpaired) electrons. The molecule has 2 rings (SSSR count). The average molecular weight is 338 g/mol. The van der Waals surface area contributed by atoms with E-state index in [9.17, 15) is 10.1 Å². The standard InChI is InChI=1S/C20H22N2O3/c1-13-7-14(2)9-17(8-13)22-20(23)16(12-21)10-15-5-6-18(24-3)11-19(15)25-4/h5-9,11,16H,10H2,1-4H3,(H,22,23)/t16-/m1/s1. The smallest absolute Gasteiger partial charge is 0.242 e. The first-order chi connectivity index (χ1) is 12.0. The number of aryl methyl sites for hydroxylation is 2. The number of nitrogens with one attached hydrogen (secondary N) is 1. The van der Waals surface area contributed by atoms with Crippen molar-refractivity contribution in [3.8, 4) is 17.6 Å². The van der Waals surface area contributed by atoms with Crippen LogP contribution in [0.15, 0.2) is 36.4 Å². The molecule has 2 aromatic carbocycles. The highest BCUT2D eigenvalue weighted by atomic mass is 16.5. The molecule has 0 fully saturated rings. The van der Waals surface area contributed by atoms with Gasteiger partial charge in [0.2, 0.25) is 5.91 Å². The fourth-order valence-corrected chi connectivity index (χ4v) is 2.71. The van der Waals surface area contributed by atoms with E-state index < -0.39 is 5.92 Å². The van der Waals surface area contributed by atoms with Crippen molar-refractivity contribution in [3.05, 3.63) is 53.1 Å². The topological polar surface area (TPSA) is 71.3 Å². The van der Waals surface area contributed by atoms with E-state index in [1.165, 1.54) is 0 Å². The summed E-state index contributed by atoms with van der Waals surface area (Å²) in [6.07, 6.45) is 0.264. The van der Waals surface area contributed by atoms with Gasteiger partial charge in [0.05, 0.1) is 20.3 Å². The molecule has 0 spiro atoms. The molecule has 1 atom stereocenters. The molecule has 5 nitrogen and oxygen atoms in total. The van der Waals surface area contributed by atoms with Crippen molar-refractivity contribution in [2.24, 2.45) is 5.92 Å². The molecule has 0 saturated carbocycles. The SMILES string of the molecule is COc1ccc(C[C@H](C#N)C(=O)Nc2cc(C)cc(C)c2)c(OC)c1. The van der Waals surface area contributed by atoms with Gasteiger partial charge in [-0.15, -0.1) is 0 Å². The quantitative estimate of drug-likeness (QED) is 0.873. The fraction of sp³-hybridized carbons (Fsp3) is 0.300. The molecule has 0 saturated heterocycles. The largest absolute Gasteiger partial charge is 0.497 e. The van der Waals surface area contributed by atoms with E-state index >= 15 is 0 Å². The van der Waals surface area contributed by atoms with Gasteiger partial charge in [0, 0.05) is 18.2 Å². The van der Waals surface area contributed by atoms with Crippen LogP contribution in [0.4, 0.5) is 5.69 Å². The predicted octanol–water partition coefficient (Wildman–Crippen LogP) is 3.64. The van der Waals surface area contributed by atoms with Crippen LogP contribution in [0.25, 0.3) is 0 Å². The molecule has 0 bridgehead atoms. The number of nitriles is 1.